The largest absolute Gasteiger partial charge is 0.461 e. The Labute approximate surface area is 601 Å². The minimum atomic E-state index is -1.75. The van der Waals surface area contributed by atoms with E-state index in [0.29, 0.717) is 65.5 Å². The maximum atomic E-state index is 15.1. The van der Waals surface area contributed by atoms with E-state index in [9.17, 15) is 53.7 Å². The molecule has 0 radical (unpaired) electrons. The predicted molar refractivity (Wildman–Crippen MR) is 380 cm³/mol. The Balaban J connectivity index is 0.742. The number of anilines is 2. The predicted octanol–water partition coefficient (Wildman–Crippen LogP) is 6.59. The molecule has 5 aromatic rings. The maximum Gasteiger partial charge on any atom is 0.415 e. The molecule has 5 aromatic carbocycles. The summed E-state index contributed by atoms with van der Waals surface area (Å²) in [6, 6.07) is 22.3. The number of Topliss-reactive ketones (excluding diaryl/α,β-unsaturated/α-hetero) is 3. The molecule has 3 aliphatic heterocycles. The molecule has 0 aromatic heterocycles. The number of amides is 8. The number of urea groups is 1. The van der Waals surface area contributed by atoms with Crippen LogP contribution in [0, 0.1) is 22.7 Å². The van der Waals surface area contributed by atoms with E-state index in [1.807, 2.05) is 36.4 Å². The van der Waals surface area contributed by atoms with Gasteiger partial charge < -0.3 is 81.3 Å². The zero-order valence-corrected chi connectivity index (χ0v) is 59.6. The number of benzene rings is 5. The number of hydrogen-bond acceptors (Lipinski definition) is 18. The summed E-state index contributed by atoms with van der Waals surface area (Å²) >= 11 is 13.3. The normalized spacial score (nSPS) is 23.2. The second kappa shape index (κ2) is 32.4. The standard InChI is InChI=1S/C74H91Cl2N9O17/c1-40(2)51(29-57(89)52(80-42(4)87)18-11-12-24-77)66(93)81-53(19-13-25-79-70(78)96)56(88)28-43-20-22-44(23-21-43)36-99-71(97)82(5)26-27-83(6)72(98)101-59-31-55-61(50-17-10-8-15-48(50)59)46(33-76)35-85(55)69(95)74-37-73(38-74,39-74)68(94)84-34-45(32-75)60-49-16-9-7-14-47(49)58(30-54(60)84)100-67-64(92)62(90)63(91)65(102-67)41(3)86/h7-10,14-17,20-23,30-31,40,45-46,51-53,62-65,67,90-92H,11-13,18-19,24-29,32-39,77H2,1-6H3,(H,80,87)(H,81,93)(H3,78,79,96)/t45-,46-,51+,52+,53+,62+,63+,64-,65-,67-,73?,74?/m1/s1. The lowest BCUT2D eigenvalue weighted by atomic mass is 9.34. The van der Waals surface area contributed by atoms with E-state index in [1.165, 1.54) is 37.7 Å². The molecule has 102 heavy (non-hydrogen) atoms. The van der Waals surface area contributed by atoms with Gasteiger partial charge in [-0.3, -0.25) is 33.6 Å². The smallest absolute Gasteiger partial charge is 0.415 e. The first-order valence-corrected chi connectivity index (χ1v) is 35.7. The molecular weight excluding hydrogens is 1360 g/mol. The molecule has 3 heterocycles. The Bertz CT molecular complexity index is 4010. The number of carbonyl (C=O) groups excluding carboxylic acids is 10. The van der Waals surface area contributed by atoms with E-state index in [1.54, 1.807) is 72.2 Å². The first-order valence-electron chi connectivity index (χ1n) is 34.6. The first-order chi connectivity index (χ1) is 48.6. The van der Waals surface area contributed by atoms with Gasteiger partial charge >= 0.3 is 18.2 Å². The van der Waals surface area contributed by atoms with E-state index in [0.717, 1.165) is 21.9 Å². The fourth-order valence-corrected chi connectivity index (χ4v) is 15.5. The van der Waals surface area contributed by atoms with Gasteiger partial charge in [-0.2, -0.15) is 0 Å². The Morgan fingerprint density at radius 1 is 0.667 bits per heavy atom. The van der Waals surface area contributed by atoms with E-state index in [2.05, 4.69) is 16.0 Å². The number of hydrogen-bond donors (Lipinski definition) is 8. The van der Waals surface area contributed by atoms with E-state index in [4.69, 9.17) is 53.6 Å². The number of nitrogens with zero attached hydrogens (tertiary/aromatic N) is 4. The van der Waals surface area contributed by atoms with Gasteiger partial charge in [0, 0.05) is 119 Å². The van der Waals surface area contributed by atoms with Crippen LogP contribution in [0.1, 0.15) is 120 Å². The molecule has 3 saturated carbocycles. The average molecular weight is 1450 g/mol. The number of fused-ring (bicyclic) bond motifs is 6. The molecular formula is C74H91Cl2N9O17. The number of alkyl halides is 2. The topological polar surface area (TPSA) is 369 Å². The van der Waals surface area contributed by atoms with Crippen molar-refractivity contribution in [3.8, 4) is 11.5 Å². The number of carbonyl (C=O) groups is 10. The molecule has 8 amide bonds. The van der Waals surface area contributed by atoms with Crippen LogP contribution in [0.15, 0.2) is 84.9 Å². The van der Waals surface area contributed by atoms with Crippen LogP contribution in [0.3, 0.4) is 0 Å². The van der Waals surface area contributed by atoms with Crippen LogP contribution in [-0.4, -0.2) is 192 Å². The van der Waals surface area contributed by atoms with Crippen LogP contribution in [0.4, 0.5) is 25.8 Å². The van der Waals surface area contributed by atoms with Gasteiger partial charge in [0.25, 0.3) is 0 Å². The van der Waals surface area contributed by atoms with Crippen molar-refractivity contribution in [2.45, 2.75) is 153 Å². The number of likely N-dealkylation sites (N-methyl/N-ethyl adjacent to an activating group) is 2. The maximum absolute atomic E-state index is 15.1. The van der Waals surface area contributed by atoms with Crippen LogP contribution in [0.5, 0.6) is 11.5 Å². The van der Waals surface area contributed by atoms with Crippen molar-refractivity contribution < 1.29 is 82.2 Å². The molecule has 28 heteroatoms. The summed E-state index contributed by atoms with van der Waals surface area (Å²) in [7, 11) is 3.05. The highest BCUT2D eigenvalue weighted by atomic mass is 35.5. The van der Waals surface area contributed by atoms with Crippen LogP contribution < -0.4 is 46.7 Å². The zero-order valence-electron chi connectivity index (χ0n) is 58.1. The lowest BCUT2D eigenvalue weighted by Crippen LogP contribution is -2.73. The van der Waals surface area contributed by atoms with Gasteiger partial charge in [0.2, 0.25) is 29.9 Å². The molecule has 26 nitrogen and oxygen atoms in total. The van der Waals surface area contributed by atoms with Gasteiger partial charge in [-0.1, -0.05) is 86.6 Å². The van der Waals surface area contributed by atoms with Gasteiger partial charge in [0.05, 0.1) is 34.3 Å². The van der Waals surface area contributed by atoms with Crippen molar-refractivity contribution in [1.29, 1.82) is 0 Å². The number of nitrogens with one attached hydrogen (secondary N) is 3. The van der Waals surface area contributed by atoms with E-state index >= 15 is 9.59 Å². The van der Waals surface area contributed by atoms with Crippen LogP contribution in [0.25, 0.3) is 21.5 Å². The summed E-state index contributed by atoms with van der Waals surface area (Å²) < 4.78 is 23.7. The highest BCUT2D eigenvalue weighted by Gasteiger charge is 2.76. The molecule has 6 aliphatic rings. The van der Waals surface area contributed by atoms with Crippen LogP contribution in [0.2, 0.25) is 0 Å². The average Bonchev–Trinajstić information content (AvgIpc) is 0.968. The molecule has 4 fully saturated rings. The highest BCUT2D eigenvalue weighted by molar-refractivity contribution is 6.20. The molecule has 0 spiro atoms. The number of aliphatic hydroxyl groups is 3. The molecule has 2 bridgehead atoms. The number of nitrogens with two attached hydrogens (primary N) is 2. The third-order valence-electron chi connectivity index (χ3n) is 20.6. The van der Waals surface area contributed by atoms with Gasteiger partial charge in [-0.25, -0.2) is 14.4 Å². The minimum absolute atomic E-state index is 0.0338. The van der Waals surface area contributed by atoms with Crippen molar-refractivity contribution >= 4 is 115 Å². The number of unbranched alkanes of at least 4 members (excludes halogenated alkanes) is 1. The summed E-state index contributed by atoms with van der Waals surface area (Å²) in [5.41, 5.74) is 13.1. The lowest BCUT2D eigenvalue weighted by molar-refractivity contribution is -0.265. The van der Waals surface area contributed by atoms with Gasteiger partial charge in [-0.15, -0.1) is 23.2 Å². The molecule has 11 rings (SSSR count). The van der Waals surface area contributed by atoms with E-state index in [-0.39, 0.29) is 148 Å². The van der Waals surface area contributed by atoms with Crippen molar-refractivity contribution in [1.82, 2.24) is 25.8 Å². The molecule has 10 N–H and O–H groups in total. The van der Waals surface area contributed by atoms with Gasteiger partial charge in [-0.05, 0) is 104 Å². The lowest BCUT2D eigenvalue weighted by Gasteiger charge is -2.69. The second-order valence-corrected chi connectivity index (χ2v) is 28.9. The number of primary amides is 1. The zero-order chi connectivity index (χ0) is 73.6. The number of rotatable bonds is 31. The SMILES string of the molecule is CC(=O)N[C@@H](CCCCN)C(=O)C[C@H](C(=O)N[C@@H](CCCNC(N)=O)C(=O)Cc1ccc(COC(=O)N(C)CCN(C)C(=O)Oc2cc3c(c4ccccc24)[C@H](CCl)CN3C(=O)C23CC(C(=O)N4C[C@@H](CCl)c5c4cc(O[C@@H]4O[C@H](C(C)=O)[C@@H](O)[C@H](O)[C@H]4O)c4ccccc54)(C2)C3)cc1)C(C)C. The molecule has 0 unspecified atom stereocenters. The molecule has 3 aliphatic carbocycles. The molecule has 1 saturated heterocycles. The van der Waals surface area contributed by atoms with Crippen LogP contribution >= 0.6 is 23.2 Å². The van der Waals surface area contributed by atoms with Crippen molar-refractivity contribution in [2.24, 2.45) is 34.1 Å². The first kappa shape index (κ1) is 76.1. The summed E-state index contributed by atoms with van der Waals surface area (Å²) in [5.74, 6) is -3.33. The molecule has 10 atom stereocenters. The minimum Gasteiger partial charge on any atom is -0.461 e. The number of ether oxygens (including phenoxy) is 4. The van der Waals surface area contributed by atoms with Gasteiger partial charge in [0.15, 0.2) is 17.3 Å². The third-order valence-corrected chi connectivity index (χ3v) is 21.3. The molecule has 548 valence electrons. The van der Waals surface area contributed by atoms with Crippen LogP contribution in [-0.2, 0) is 56.1 Å². The summed E-state index contributed by atoms with van der Waals surface area (Å²) in [5, 5.41) is 43.0. The number of halogens is 2. The third kappa shape index (κ3) is 16.1. The Morgan fingerprint density at radius 3 is 1.72 bits per heavy atom. The quantitative estimate of drug-likeness (QED) is 0.0171. The number of ketones is 3. The summed E-state index contributed by atoms with van der Waals surface area (Å²) in [6.07, 6.45) is -6.92. The van der Waals surface area contributed by atoms with Gasteiger partial charge in [0.1, 0.15) is 42.5 Å². The van der Waals surface area contributed by atoms with E-state index < -0.39 is 89.4 Å². The van der Waals surface area contributed by atoms with Crippen molar-refractivity contribution in [2.75, 3.05) is 74.9 Å². The Kier molecular flexibility index (Phi) is 24.2. The van der Waals surface area contributed by atoms with Crippen molar-refractivity contribution in [3.63, 3.8) is 0 Å². The second-order valence-electron chi connectivity index (χ2n) is 28.2. The number of aliphatic hydroxyl groups excluding tert-OH is 3. The summed E-state index contributed by atoms with van der Waals surface area (Å²) in [4.78, 5) is 141. The fraction of sp³-hybridized carbons (Fsp3) is 0.514. The summed E-state index contributed by atoms with van der Waals surface area (Å²) in [6.45, 7) is 7.15. The Hall–Kier alpha value is -8.50. The van der Waals surface area contributed by atoms with Crippen molar-refractivity contribution in [3.05, 3.63) is 107 Å². The Morgan fingerprint density at radius 2 is 1.19 bits per heavy atom. The fourth-order valence-electron chi connectivity index (χ4n) is 15.0. The highest BCUT2D eigenvalue weighted by Crippen LogP contribution is 2.75. The monoisotopic (exact) mass is 1450 g/mol.